The van der Waals surface area contributed by atoms with Crippen molar-refractivity contribution < 1.29 is 32.3 Å². The van der Waals surface area contributed by atoms with Crippen LogP contribution in [-0.4, -0.2) is 17.7 Å². The van der Waals surface area contributed by atoms with E-state index in [1.165, 1.54) is 13.8 Å². The van der Waals surface area contributed by atoms with Crippen molar-refractivity contribution in [2.24, 2.45) is 5.41 Å². The molecule has 0 aromatic carbocycles. The van der Waals surface area contributed by atoms with Crippen LogP contribution in [-0.2, 0) is 19.1 Å². The summed E-state index contributed by atoms with van der Waals surface area (Å²) in [7, 11) is 0. The molecule has 0 fully saturated rings. The maximum absolute atomic E-state index is 12.5. The first kappa shape index (κ1) is 18.3. The predicted molar refractivity (Wildman–Crippen MR) is 64.4 cm³/mol. The van der Waals surface area contributed by atoms with Crippen molar-refractivity contribution in [3.8, 4) is 0 Å². The minimum Gasteiger partial charge on any atom is -0.387 e. The predicted octanol–water partition coefficient (Wildman–Crippen LogP) is 3.31. The first-order chi connectivity index (χ1) is 9.14. The fourth-order valence-electron chi connectivity index (χ4n) is 1.30. The molecule has 0 aromatic heterocycles. The molecule has 0 radical (unpaired) electrons. The van der Waals surface area contributed by atoms with Gasteiger partial charge in [0.2, 0.25) is 0 Å². The highest BCUT2D eigenvalue weighted by Gasteiger charge is 2.39. The van der Waals surface area contributed by atoms with Crippen LogP contribution in [0.1, 0.15) is 46.5 Å². The Kier molecular flexibility index (Phi) is 7.17. The highest BCUT2D eigenvalue weighted by Crippen LogP contribution is 2.23. The van der Waals surface area contributed by atoms with Gasteiger partial charge in [0, 0.05) is 6.42 Å². The van der Waals surface area contributed by atoms with Gasteiger partial charge < -0.3 is 4.74 Å². The maximum atomic E-state index is 12.5. The molecule has 0 aliphatic heterocycles. The van der Waals surface area contributed by atoms with Gasteiger partial charge in [0.25, 0.3) is 5.83 Å². The van der Waals surface area contributed by atoms with Gasteiger partial charge in [0.1, 0.15) is 11.2 Å². The molecule has 0 aliphatic carbocycles. The van der Waals surface area contributed by atoms with Crippen LogP contribution in [0.5, 0.6) is 0 Å². The number of halogens is 3. The Hall–Kier alpha value is -1.66. The minimum absolute atomic E-state index is 0.0971. The standard InChI is InChI=1S/C13H17F3O4/c1-4-5-6-7-8(17)13(2,3)12(19)20-11(18)9(14)10(15)16/h4-7H2,1-3H3. The number of hydrogen-bond acceptors (Lipinski definition) is 4. The Balaban J connectivity index is 4.70. The Morgan fingerprint density at radius 2 is 1.60 bits per heavy atom. The highest BCUT2D eigenvalue weighted by atomic mass is 19.3. The third kappa shape index (κ3) is 5.14. The summed E-state index contributed by atoms with van der Waals surface area (Å²) in [6, 6.07) is 0. The number of esters is 2. The van der Waals surface area contributed by atoms with Crippen LogP contribution in [0.15, 0.2) is 11.9 Å². The van der Waals surface area contributed by atoms with Crippen molar-refractivity contribution >= 4 is 17.7 Å². The summed E-state index contributed by atoms with van der Waals surface area (Å²) >= 11 is 0. The molecule has 0 saturated heterocycles. The molecule has 0 atom stereocenters. The SMILES string of the molecule is CCCCCC(=O)C(C)(C)C(=O)OC(=O)C(F)=C(F)F. The largest absolute Gasteiger partial charge is 0.387 e. The molecule has 114 valence electrons. The van der Waals surface area contributed by atoms with E-state index in [-0.39, 0.29) is 6.42 Å². The Morgan fingerprint density at radius 3 is 2.05 bits per heavy atom. The number of unbranched alkanes of at least 4 members (excludes halogenated alkanes) is 2. The fourth-order valence-corrected chi connectivity index (χ4v) is 1.30. The first-order valence-corrected chi connectivity index (χ1v) is 6.15. The van der Waals surface area contributed by atoms with Gasteiger partial charge in [-0.15, -0.1) is 0 Å². The van der Waals surface area contributed by atoms with Gasteiger partial charge in [-0.2, -0.15) is 13.2 Å². The van der Waals surface area contributed by atoms with Gasteiger partial charge in [-0.05, 0) is 20.3 Å². The molecular weight excluding hydrogens is 277 g/mol. The zero-order valence-corrected chi connectivity index (χ0v) is 11.6. The van der Waals surface area contributed by atoms with Crippen molar-refractivity contribution in [2.45, 2.75) is 46.5 Å². The first-order valence-electron chi connectivity index (χ1n) is 6.15. The third-order valence-electron chi connectivity index (χ3n) is 2.75. The molecular formula is C13H17F3O4. The molecule has 0 aromatic rings. The molecule has 7 heteroatoms. The van der Waals surface area contributed by atoms with Gasteiger partial charge >= 0.3 is 18.0 Å². The summed E-state index contributed by atoms with van der Waals surface area (Å²) in [5.74, 6) is -6.37. The lowest BCUT2D eigenvalue weighted by Gasteiger charge is -2.19. The van der Waals surface area contributed by atoms with Gasteiger partial charge in [-0.3, -0.25) is 9.59 Å². The smallest absolute Gasteiger partial charge is 0.380 e. The van der Waals surface area contributed by atoms with E-state index in [4.69, 9.17) is 0 Å². The average Bonchev–Trinajstić information content (AvgIpc) is 2.37. The van der Waals surface area contributed by atoms with E-state index in [1.807, 2.05) is 6.92 Å². The van der Waals surface area contributed by atoms with Gasteiger partial charge in [-0.25, -0.2) is 4.79 Å². The maximum Gasteiger partial charge on any atom is 0.380 e. The summed E-state index contributed by atoms with van der Waals surface area (Å²) in [6.07, 6.45) is -0.550. The van der Waals surface area contributed by atoms with E-state index in [0.717, 1.165) is 12.8 Å². The van der Waals surface area contributed by atoms with E-state index in [0.29, 0.717) is 6.42 Å². The molecule has 0 heterocycles. The van der Waals surface area contributed by atoms with Crippen LogP contribution >= 0.6 is 0 Å². The van der Waals surface area contributed by atoms with Crippen LogP contribution in [0, 0.1) is 5.41 Å². The molecule has 0 bridgehead atoms. The van der Waals surface area contributed by atoms with Crippen LogP contribution in [0.2, 0.25) is 0 Å². The number of hydrogen-bond donors (Lipinski definition) is 0. The number of rotatable bonds is 7. The van der Waals surface area contributed by atoms with E-state index >= 15 is 0 Å². The van der Waals surface area contributed by atoms with Crippen molar-refractivity contribution in [1.29, 1.82) is 0 Å². The fraction of sp³-hybridized carbons (Fsp3) is 0.615. The second-order valence-corrected chi connectivity index (χ2v) is 4.76. The monoisotopic (exact) mass is 294 g/mol. The second-order valence-electron chi connectivity index (χ2n) is 4.76. The minimum atomic E-state index is -2.88. The van der Waals surface area contributed by atoms with Gasteiger partial charge in [0.05, 0.1) is 0 Å². The van der Waals surface area contributed by atoms with Crippen LogP contribution in [0.3, 0.4) is 0 Å². The number of carbonyl (C=O) groups excluding carboxylic acids is 3. The van der Waals surface area contributed by atoms with Crippen LogP contribution in [0.4, 0.5) is 13.2 Å². The summed E-state index contributed by atoms with van der Waals surface area (Å²) in [6.45, 7) is 4.33. The number of Topliss-reactive ketones (excluding diaryl/α,β-unsaturated/α-hetero) is 1. The lowest BCUT2D eigenvalue weighted by atomic mass is 9.85. The Labute approximate surface area is 115 Å². The molecule has 4 nitrogen and oxygen atoms in total. The summed E-state index contributed by atoms with van der Waals surface area (Å²) in [5.41, 5.74) is -1.68. The Morgan fingerprint density at radius 1 is 1.05 bits per heavy atom. The van der Waals surface area contributed by atoms with Crippen LogP contribution in [0.25, 0.3) is 0 Å². The molecule has 0 spiro atoms. The van der Waals surface area contributed by atoms with Crippen molar-refractivity contribution in [3.05, 3.63) is 11.9 Å². The lowest BCUT2D eigenvalue weighted by Crippen LogP contribution is -2.36. The summed E-state index contributed by atoms with van der Waals surface area (Å²) in [5, 5.41) is 0. The number of ether oxygens (including phenoxy) is 1. The van der Waals surface area contributed by atoms with Gasteiger partial charge in [-0.1, -0.05) is 19.8 Å². The molecule has 0 rings (SSSR count). The zero-order chi connectivity index (χ0) is 15.9. The number of carbonyl (C=O) groups is 3. The molecule has 0 N–H and O–H groups in total. The Bertz CT molecular complexity index is 423. The lowest BCUT2D eigenvalue weighted by molar-refractivity contribution is -0.166. The summed E-state index contributed by atoms with van der Waals surface area (Å²) in [4.78, 5) is 34.2. The van der Waals surface area contributed by atoms with Crippen molar-refractivity contribution in [3.63, 3.8) is 0 Å². The quantitative estimate of drug-likeness (QED) is 0.313. The van der Waals surface area contributed by atoms with Crippen LogP contribution < -0.4 is 0 Å². The normalized spacial score (nSPS) is 10.9. The molecule has 20 heavy (non-hydrogen) atoms. The zero-order valence-electron chi connectivity index (χ0n) is 11.6. The van der Waals surface area contributed by atoms with Crippen molar-refractivity contribution in [1.82, 2.24) is 0 Å². The molecule has 0 aliphatic rings. The molecule has 0 unspecified atom stereocenters. The molecule has 0 saturated carbocycles. The highest BCUT2D eigenvalue weighted by molar-refractivity contribution is 6.07. The van der Waals surface area contributed by atoms with E-state index in [1.54, 1.807) is 0 Å². The topological polar surface area (TPSA) is 60.4 Å². The van der Waals surface area contributed by atoms with E-state index in [2.05, 4.69) is 4.74 Å². The van der Waals surface area contributed by atoms with E-state index < -0.39 is 35.0 Å². The average molecular weight is 294 g/mol. The third-order valence-corrected chi connectivity index (χ3v) is 2.75. The second kappa shape index (κ2) is 7.81. The number of ketones is 1. The summed E-state index contributed by atoms with van der Waals surface area (Å²) < 4.78 is 40.1. The van der Waals surface area contributed by atoms with E-state index in [9.17, 15) is 27.6 Å². The molecule has 0 amide bonds. The van der Waals surface area contributed by atoms with Crippen molar-refractivity contribution in [2.75, 3.05) is 0 Å². The van der Waals surface area contributed by atoms with Gasteiger partial charge in [0.15, 0.2) is 0 Å².